The molecule has 3 aliphatic carbocycles. The first-order valence-electron chi connectivity index (χ1n) is 13.4. The number of aliphatic hydroxyl groups is 3. The lowest BCUT2D eigenvalue weighted by Gasteiger charge is -2.44. The molecule has 33 heavy (non-hydrogen) atoms. The minimum absolute atomic E-state index is 0.366. The second kappa shape index (κ2) is 11.5. The van der Waals surface area contributed by atoms with Crippen LogP contribution in [0.15, 0.2) is 35.5 Å². The summed E-state index contributed by atoms with van der Waals surface area (Å²) in [5.74, 6) is 2.53. The van der Waals surface area contributed by atoms with Crippen LogP contribution in [-0.2, 0) is 0 Å². The first-order valence-corrected chi connectivity index (χ1v) is 14.5. The van der Waals surface area contributed by atoms with Gasteiger partial charge in [0.15, 0.2) is 0 Å². The molecule has 0 aromatic heterocycles. The molecule has 0 aromatic rings. The fourth-order valence-electron chi connectivity index (χ4n) is 6.91. The molecule has 0 radical (unpaired) electrons. The number of hydrogen-bond acceptors (Lipinski definition) is 4. The van der Waals surface area contributed by atoms with Gasteiger partial charge in [0.1, 0.15) is 0 Å². The molecule has 0 saturated heterocycles. The molecule has 0 aliphatic heterocycles. The van der Waals surface area contributed by atoms with Crippen LogP contribution in [0, 0.1) is 17.3 Å². The fraction of sp³-hybridized carbons (Fsp3) is 0.793. The van der Waals surface area contributed by atoms with Gasteiger partial charge in [0.25, 0.3) is 0 Å². The topological polar surface area (TPSA) is 60.7 Å². The van der Waals surface area contributed by atoms with Gasteiger partial charge in [-0.3, -0.25) is 0 Å². The van der Waals surface area contributed by atoms with Crippen molar-refractivity contribution in [1.82, 2.24) is 0 Å². The lowest BCUT2D eigenvalue weighted by molar-refractivity contribution is 0.0232. The van der Waals surface area contributed by atoms with Crippen molar-refractivity contribution < 1.29 is 15.3 Å². The van der Waals surface area contributed by atoms with Crippen molar-refractivity contribution in [2.45, 2.75) is 121 Å². The van der Waals surface area contributed by atoms with Crippen molar-refractivity contribution in [3.8, 4) is 0 Å². The molecule has 0 heterocycles. The average molecular weight is 477 g/mol. The summed E-state index contributed by atoms with van der Waals surface area (Å²) >= 11 is 2.12. The van der Waals surface area contributed by atoms with E-state index in [4.69, 9.17) is 0 Å². The van der Waals surface area contributed by atoms with Crippen LogP contribution in [0.1, 0.15) is 98.3 Å². The van der Waals surface area contributed by atoms with E-state index in [1.807, 2.05) is 0 Å². The largest absolute Gasteiger partial charge is 0.393 e. The molecule has 0 unspecified atom stereocenters. The fourth-order valence-corrected chi connectivity index (χ4v) is 8.27. The van der Waals surface area contributed by atoms with Crippen molar-refractivity contribution in [1.29, 1.82) is 0 Å². The molecule has 0 spiro atoms. The molecule has 3 nitrogen and oxygen atoms in total. The van der Waals surface area contributed by atoms with E-state index >= 15 is 0 Å². The molecule has 3 N–H and O–H groups in total. The molecule has 3 saturated carbocycles. The predicted octanol–water partition coefficient (Wildman–Crippen LogP) is 6.58. The van der Waals surface area contributed by atoms with E-state index in [2.05, 4.69) is 58.2 Å². The molecule has 3 fully saturated rings. The van der Waals surface area contributed by atoms with Crippen molar-refractivity contribution in [2.75, 3.05) is 5.75 Å². The SMILES string of the molecule is C=C1/C(=C\C=C2/CCC[C@]3(C)[C@@H]([C@H](C)SCCCC(O)(CC)CC)CC[C@@H]23)C[C@@H](O)C[C@@H]1O. The van der Waals surface area contributed by atoms with Gasteiger partial charge >= 0.3 is 0 Å². The summed E-state index contributed by atoms with van der Waals surface area (Å²) in [4.78, 5) is 0. The van der Waals surface area contributed by atoms with Gasteiger partial charge in [0.2, 0.25) is 0 Å². The number of aliphatic hydroxyl groups excluding tert-OH is 2. The summed E-state index contributed by atoms with van der Waals surface area (Å²) in [5, 5.41) is 31.5. The lowest BCUT2D eigenvalue weighted by Crippen LogP contribution is -2.37. The van der Waals surface area contributed by atoms with Crippen LogP contribution < -0.4 is 0 Å². The Hall–Kier alpha value is -0.550. The Kier molecular flexibility index (Phi) is 9.39. The van der Waals surface area contributed by atoms with Gasteiger partial charge in [-0.25, -0.2) is 0 Å². The first-order chi connectivity index (χ1) is 15.6. The van der Waals surface area contributed by atoms with Gasteiger partial charge in [-0.1, -0.05) is 52.0 Å². The zero-order chi connectivity index (χ0) is 24.2. The second-order valence-corrected chi connectivity index (χ2v) is 12.8. The highest BCUT2D eigenvalue weighted by Crippen LogP contribution is 2.59. The Balaban J connectivity index is 1.62. The number of allylic oxidation sites excluding steroid dienone is 3. The highest BCUT2D eigenvalue weighted by Gasteiger charge is 2.50. The minimum Gasteiger partial charge on any atom is -0.393 e. The number of rotatable bonds is 9. The Bertz CT molecular complexity index is 737. The maximum absolute atomic E-state index is 10.6. The summed E-state index contributed by atoms with van der Waals surface area (Å²) in [7, 11) is 0. The van der Waals surface area contributed by atoms with Gasteiger partial charge in [0.05, 0.1) is 17.8 Å². The van der Waals surface area contributed by atoms with Crippen molar-refractivity contribution in [3.63, 3.8) is 0 Å². The van der Waals surface area contributed by atoms with Crippen LogP contribution in [0.5, 0.6) is 0 Å². The van der Waals surface area contributed by atoms with Gasteiger partial charge in [-0.2, -0.15) is 11.8 Å². The third kappa shape index (κ3) is 6.18. The number of hydrogen-bond donors (Lipinski definition) is 3. The van der Waals surface area contributed by atoms with Crippen LogP contribution in [0.2, 0.25) is 0 Å². The first kappa shape index (κ1) is 27.0. The van der Waals surface area contributed by atoms with Gasteiger partial charge < -0.3 is 15.3 Å². The summed E-state index contributed by atoms with van der Waals surface area (Å²) in [6, 6.07) is 0. The van der Waals surface area contributed by atoms with E-state index in [0.29, 0.717) is 29.4 Å². The normalized spacial score (nSPS) is 36.4. The standard InChI is InChI=1S/C29H48O3S/c1-6-29(32,7-2)16-9-17-33-21(4)25-13-14-26-22(10-8-15-28(25,26)5)11-12-23-18-24(30)19-27(31)20(23)3/h11-12,21,24-27,30-32H,3,6-10,13-19H2,1-2,4-5H3/b22-11+,23-12-/t21-,24+,25+,26-,27-,28+/m0/s1. The highest BCUT2D eigenvalue weighted by atomic mass is 32.2. The van der Waals surface area contributed by atoms with Crippen LogP contribution in [-0.4, -0.2) is 44.1 Å². The summed E-state index contributed by atoms with van der Waals surface area (Å²) < 4.78 is 0. The van der Waals surface area contributed by atoms with Crippen molar-refractivity contribution in [2.24, 2.45) is 17.3 Å². The van der Waals surface area contributed by atoms with E-state index in [9.17, 15) is 15.3 Å². The Labute approximate surface area is 206 Å². The summed E-state index contributed by atoms with van der Waals surface area (Å²) in [6.07, 6.45) is 14.4. The molecule has 6 atom stereocenters. The third-order valence-corrected chi connectivity index (χ3v) is 10.7. The van der Waals surface area contributed by atoms with Crippen molar-refractivity contribution >= 4 is 11.8 Å². The Morgan fingerprint density at radius 3 is 2.64 bits per heavy atom. The second-order valence-electron chi connectivity index (χ2n) is 11.3. The number of thioether (sulfide) groups is 1. The molecule has 188 valence electrons. The van der Waals surface area contributed by atoms with E-state index in [-0.39, 0.29) is 0 Å². The average Bonchev–Trinajstić information content (AvgIpc) is 3.15. The predicted molar refractivity (Wildman–Crippen MR) is 141 cm³/mol. The number of fused-ring (bicyclic) bond motifs is 1. The Morgan fingerprint density at radius 2 is 1.94 bits per heavy atom. The Morgan fingerprint density at radius 1 is 1.21 bits per heavy atom. The van der Waals surface area contributed by atoms with Crippen LogP contribution >= 0.6 is 11.8 Å². The molecule has 0 aromatic carbocycles. The molecule has 4 heteroatoms. The lowest BCUT2D eigenvalue weighted by atomic mass is 9.63. The maximum atomic E-state index is 10.6. The van der Waals surface area contributed by atoms with Gasteiger partial charge in [0, 0.05) is 11.7 Å². The van der Waals surface area contributed by atoms with Crippen LogP contribution in [0.25, 0.3) is 0 Å². The molecular formula is C29H48O3S. The van der Waals surface area contributed by atoms with Crippen LogP contribution in [0.4, 0.5) is 0 Å². The highest BCUT2D eigenvalue weighted by molar-refractivity contribution is 7.99. The summed E-state index contributed by atoms with van der Waals surface area (Å²) in [6.45, 7) is 13.2. The zero-order valence-corrected chi connectivity index (χ0v) is 22.3. The molecule has 3 aliphatic rings. The van der Waals surface area contributed by atoms with Crippen molar-refractivity contribution in [3.05, 3.63) is 35.5 Å². The minimum atomic E-state index is -0.616. The van der Waals surface area contributed by atoms with E-state index < -0.39 is 17.8 Å². The smallest absolute Gasteiger partial charge is 0.0811 e. The van der Waals surface area contributed by atoms with E-state index in [1.54, 1.807) is 5.57 Å². The van der Waals surface area contributed by atoms with Crippen LogP contribution in [0.3, 0.4) is 0 Å². The third-order valence-electron chi connectivity index (χ3n) is 9.35. The zero-order valence-electron chi connectivity index (χ0n) is 21.5. The van der Waals surface area contributed by atoms with Gasteiger partial charge in [-0.05, 0) is 98.4 Å². The quantitative estimate of drug-likeness (QED) is 0.329. The maximum Gasteiger partial charge on any atom is 0.0811 e. The molecule has 0 bridgehead atoms. The van der Waals surface area contributed by atoms with Gasteiger partial charge in [-0.15, -0.1) is 0 Å². The van der Waals surface area contributed by atoms with E-state index in [0.717, 1.165) is 48.5 Å². The monoisotopic (exact) mass is 476 g/mol. The van der Waals surface area contributed by atoms with E-state index in [1.165, 1.54) is 32.1 Å². The molecular weight excluding hydrogens is 428 g/mol. The summed E-state index contributed by atoms with van der Waals surface area (Å²) in [5.41, 5.74) is 3.25. The molecule has 0 amide bonds. The molecule has 3 rings (SSSR count).